The third-order valence-electron chi connectivity index (χ3n) is 4.74. The Morgan fingerprint density at radius 2 is 1.11 bits per heavy atom. The van der Waals surface area contributed by atoms with E-state index < -0.39 is 5.41 Å². The van der Waals surface area contributed by atoms with Gasteiger partial charge in [-0.25, -0.2) is 0 Å². The molecule has 0 heterocycles. The first-order valence-corrected chi connectivity index (χ1v) is 9.17. The van der Waals surface area contributed by atoms with Crippen molar-refractivity contribution in [3.8, 4) is 11.5 Å². The number of hydrogen-bond acceptors (Lipinski definition) is 3. The number of nitrogens with one attached hydrogen (secondary N) is 2. The van der Waals surface area contributed by atoms with Crippen LogP contribution in [0.1, 0.15) is 12.8 Å². The number of carbonyl (C=O) groups excluding carboxylic acids is 2. The quantitative estimate of drug-likeness (QED) is 0.609. The number of rotatable bonds is 6. The Bertz CT molecular complexity index is 966. The Morgan fingerprint density at radius 1 is 0.643 bits per heavy atom. The van der Waals surface area contributed by atoms with E-state index in [1.807, 2.05) is 48.5 Å². The Kier molecular flexibility index (Phi) is 4.81. The van der Waals surface area contributed by atoms with Crippen molar-refractivity contribution in [1.29, 1.82) is 0 Å². The molecular formula is C23H20N2O3. The van der Waals surface area contributed by atoms with Crippen molar-refractivity contribution in [3.05, 3.63) is 84.9 Å². The fourth-order valence-electron chi connectivity index (χ4n) is 2.94. The lowest BCUT2D eigenvalue weighted by Crippen LogP contribution is -2.35. The van der Waals surface area contributed by atoms with Gasteiger partial charge < -0.3 is 15.4 Å². The molecule has 0 atom stereocenters. The zero-order valence-corrected chi connectivity index (χ0v) is 15.2. The minimum absolute atomic E-state index is 0.264. The minimum Gasteiger partial charge on any atom is -0.457 e. The standard InChI is InChI=1S/C23H20N2O3/c26-21(24-17-7-3-1-4-8-17)23(15-16-23)22(27)25-18-11-13-20(14-12-18)28-19-9-5-2-6-10-19/h1-14H,15-16H2,(H,24,26)(H,25,27). The van der Waals surface area contributed by atoms with Gasteiger partial charge in [0.15, 0.2) is 0 Å². The van der Waals surface area contributed by atoms with Crippen LogP contribution in [0.25, 0.3) is 0 Å². The van der Waals surface area contributed by atoms with E-state index in [-0.39, 0.29) is 11.8 Å². The maximum atomic E-state index is 12.7. The summed E-state index contributed by atoms with van der Waals surface area (Å²) in [6.07, 6.45) is 1.10. The average Bonchev–Trinajstić information content (AvgIpc) is 3.53. The van der Waals surface area contributed by atoms with Crippen LogP contribution in [0.15, 0.2) is 84.9 Å². The molecule has 3 aromatic carbocycles. The Hall–Kier alpha value is -3.60. The second-order valence-corrected chi connectivity index (χ2v) is 6.80. The van der Waals surface area contributed by atoms with E-state index in [1.165, 1.54) is 0 Å². The van der Waals surface area contributed by atoms with Gasteiger partial charge in [0.25, 0.3) is 0 Å². The van der Waals surface area contributed by atoms with E-state index in [0.717, 1.165) is 5.75 Å². The predicted molar refractivity (Wildman–Crippen MR) is 108 cm³/mol. The second-order valence-electron chi connectivity index (χ2n) is 6.80. The number of para-hydroxylation sites is 2. The van der Waals surface area contributed by atoms with Crippen LogP contribution in [0, 0.1) is 5.41 Å². The highest BCUT2D eigenvalue weighted by Gasteiger charge is 2.56. The van der Waals surface area contributed by atoms with Crippen molar-refractivity contribution in [2.75, 3.05) is 10.6 Å². The molecule has 0 aliphatic heterocycles. The molecule has 0 spiro atoms. The second kappa shape index (κ2) is 7.56. The zero-order chi connectivity index (χ0) is 19.4. The lowest BCUT2D eigenvalue weighted by Gasteiger charge is -2.15. The van der Waals surface area contributed by atoms with E-state index in [0.29, 0.717) is 30.0 Å². The summed E-state index contributed by atoms with van der Waals surface area (Å²) in [5.41, 5.74) is 0.327. The van der Waals surface area contributed by atoms with Crippen molar-refractivity contribution in [1.82, 2.24) is 0 Å². The highest BCUT2D eigenvalue weighted by Crippen LogP contribution is 2.47. The van der Waals surface area contributed by atoms with Crippen molar-refractivity contribution in [3.63, 3.8) is 0 Å². The molecule has 1 aliphatic carbocycles. The molecule has 140 valence electrons. The monoisotopic (exact) mass is 372 g/mol. The predicted octanol–water partition coefficient (Wildman–Crippen LogP) is 4.84. The first-order valence-electron chi connectivity index (χ1n) is 9.17. The fourth-order valence-corrected chi connectivity index (χ4v) is 2.94. The number of carbonyl (C=O) groups is 2. The summed E-state index contributed by atoms with van der Waals surface area (Å²) in [6, 6.07) is 25.7. The zero-order valence-electron chi connectivity index (χ0n) is 15.2. The van der Waals surface area contributed by atoms with Crippen LogP contribution >= 0.6 is 0 Å². The summed E-state index contributed by atoms with van der Waals surface area (Å²) in [4.78, 5) is 25.3. The number of benzene rings is 3. The lowest BCUT2D eigenvalue weighted by molar-refractivity contribution is -0.131. The van der Waals surface area contributed by atoms with Gasteiger partial charge in [-0.3, -0.25) is 9.59 Å². The summed E-state index contributed by atoms with van der Waals surface area (Å²) < 4.78 is 5.75. The van der Waals surface area contributed by atoms with Crippen LogP contribution in [0.2, 0.25) is 0 Å². The highest BCUT2D eigenvalue weighted by molar-refractivity contribution is 6.16. The van der Waals surface area contributed by atoms with Crippen molar-refractivity contribution in [2.24, 2.45) is 5.41 Å². The van der Waals surface area contributed by atoms with E-state index in [4.69, 9.17) is 4.74 Å². The van der Waals surface area contributed by atoms with Crippen LogP contribution in [0.3, 0.4) is 0 Å². The van der Waals surface area contributed by atoms with Gasteiger partial charge >= 0.3 is 0 Å². The molecule has 2 amide bonds. The topological polar surface area (TPSA) is 67.4 Å². The van der Waals surface area contributed by atoms with Crippen molar-refractivity contribution >= 4 is 23.2 Å². The first kappa shape index (κ1) is 17.8. The number of anilines is 2. The van der Waals surface area contributed by atoms with E-state index in [9.17, 15) is 9.59 Å². The molecule has 0 radical (unpaired) electrons. The number of ether oxygens (including phenoxy) is 1. The third-order valence-corrected chi connectivity index (χ3v) is 4.74. The molecule has 0 unspecified atom stereocenters. The normalized spacial score (nSPS) is 14.0. The van der Waals surface area contributed by atoms with Gasteiger partial charge in [0.05, 0.1) is 0 Å². The van der Waals surface area contributed by atoms with Gasteiger partial charge in [0.2, 0.25) is 11.8 Å². The van der Waals surface area contributed by atoms with E-state index >= 15 is 0 Å². The Balaban J connectivity index is 1.38. The molecule has 1 aliphatic rings. The summed E-state index contributed by atoms with van der Waals surface area (Å²) in [7, 11) is 0. The number of amides is 2. The van der Waals surface area contributed by atoms with E-state index in [1.54, 1.807) is 36.4 Å². The molecule has 0 aromatic heterocycles. The first-order chi connectivity index (χ1) is 13.7. The molecule has 5 nitrogen and oxygen atoms in total. The molecule has 4 rings (SSSR count). The lowest BCUT2D eigenvalue weighted by atomic mass is 10.0. The maximum Gasteiger partial charge on any atom is 0.240 e. The largest absolute Gasteiger partial charge is 0.457 e. The summed E-state index contributed by atoms with van der Waals surface area (Å²) >= 11 is 0. The van der Waals surface area contributed by atoms with Crippen molar-refractivity contribution in [2.45, 2.75) is 12.8 Å². The molecule has 5 heteroatoms. The van der Waals surface area contributed by atoms with E-state index in [2.05, 4.69) is 10.6 Å². The molecule has 0 saturated heterocycles. The third kappa shape index (κ3) is 3.88. The molecule has 1 saturated carbocycles. The van der Waals surface area contributed by atoms with Crippen LogP contribution in [0.4, 0.5) is 11.4 Å². The van der Waals surface area contributed by atoms with Gasteiger partial charge in [0.1, 0.15) is 16.9 Å². The van der Waals surface area contributed by atoms with Crippen LogP contribution in [-0.4, -0.2) is 11.8 Å². The molecule has 0 bridgehead atoms. The average molecular weight is 372 g/mol. The van der Waals surface area contributed by atoms with Gasteiger partial charge in [-0.05, 0) is 61.4 Å². The van der Waals surface area contributed by atoms with Crippen LogP contribution in [0.5, 0.6) is 11.5 Å². The number of hydrogen-bond donors (Lipinski definition) is 2. The molecule has 2 N–H and O–H groups in total. The highest BCUT2D eigenvalue weighted by atomic mass is 16.5. The molecule has 1 fully saturated rings. The maximum absolute atomic E-state index is 12.7. The Morgan fingerprint density at radius 3 is 1.64 bits per heavy atom. The Labute approximate surface area is 163 Å². The minimum atomic E-state index is -0.991. The SMILES string of the molecule is O=C(Nc1ccccc1)C1(C(=O)Nc2ccc(Oc3ccccc3)cc2)CC1. The van der Waals surface area contributed by atoms with Crippen molar-refractivity contribution < 1.29 is 14.3 Å². The molecule has 3 aromatic rings. The van der Waals surface area contributed by atoms with Gasteiger partial charge in [0, 0.05) is 11.4 Å². The van der Waals surface area contributed by atoms with Gasteiger partial charge in [-0.2, -0.15) is 0 Å². The summed E-state index contributed by atoms with van der Waals surface area (Å²) in [6.45, 7) is 0. The fraction of sp³-hybridized carbons (Fsp3) is 0.130. The molecule has 28 heavy (non-hydrogen) atoms. The molecular weight excluding hydrogens is 352 g/mol. The van der Waals surface area contributed by atoms with Crippen LogP contribution < -0.4 is 15.4 Å². The van der Waals surface area contributed by atoms with Gasteiger partial charge in [-0.1, -0.05) is 36.4 Å². The summed E-state index contributed by atoms with van der Waals surface area (Å²) in [5, 5.41) is 5.68. The van der Waals surface area contributed by atoms with Crippen LogP contribution in [-0.2, 0) is 9.59 Å². The summed E-state index contributed by atoms with van der Waals surface area (Å²) in [5.74, 6) is 0.874. The van der Waals surface area contributed by atoms with Gasteiger partial charge in [-0.15, -0.1) is 0 Å². The smallest absolute Gasteiger partial charge is 0.240 e.